The molecule has 30 heavy (non-hydrogen) atoms. The van der Waals surface area contributed by atoms with Crippen LogP contribution in [0.5, 0.6) is 0 Å². The molecule has 0 saturated carbocycles. The van der Waals surface area contributed by atoms with E-state index in [1.165, 1.54) is 0 Å². The van der Waals surface area contributed by atoms with Crippen LogP contribution < -0.4 is 10.5 Å². The van der Waals surface area contributed by atoms with E-state index in [2.05, 4.69) is 33.0 Å². The summed E-state index contributed by atoms with van der Waals surface area (Å²) in [6, 6.07) is 0. The average Bonchev–Trinajstić information content (AvgIpc) is 2.95. The molecule has 1 aliphatic heterocycles. The molecule has 0 spiro atoms. The predicted molar refractivity (Wildman–Crippen MR) is 118 cm³/mol. The van der Waals surface area contributed by atoms with Gasteiger partial charge in [-0.25, -0.2) is 4.79 Å². The van der Waals surface area contributed by atoms with Gasteiger partial charge in [0, 0.05) is 18.4 Å². The Hall–Kier alpha value is -2.31. The van der Waals surface area contributed by atoms with Gasteiger partial charge in [0.2, 0.25) is 0 Å². The van der Waals surface area contributed by atoms with Crippen molar-refractivity contribution < 1.29 is 28.1 Å². The monoisotopic (exact) mass is 450 g/mol. The minimum absolute atomic E-state index is 0.0181. The molecule has 1 saturated heterocycles. The Morgan fingerprint density at radius 1 is 1.07 bits per heavy atom. The summed E-state index contributed by atoms with van der Waals surface area (Å²) in [4.78, 5) is 53.1. The van der Waals surface area contributed by atoms with E-state index in [4.69, 9.17) is 8.95 Å². The maximum absolute atomic E-state index is 13.1. The molecule has 0 bridgehead atoms. The summed E-state index contributed by atoms with van der Waals surface area (Å²) >= 11 is 0. The molecule has 1 aromatic rings. The van der Waals surface area contributed by atoms with Crippen molar-refractivity contribution in [3.63, 3.8) is 0 Å². The third-order valence-electron chi connectivity index (χ3n) is 5.34. The highest BCUT2D eigenvalue weighted by atomic mass is 28.3. The lowest BCUT2D eigenvalue weighted by molar-refractivity contribution is -0.196. The first-order valence-electron chi connectivity index (χ1n) is 9.87. The van der Waals surface area contributed by atoms with Crippen molar-refractivity contribution in [2.45, 2.75) is 59.8 Å². The highest BCUT2D eigenvalue weighted by molar-refractivity contribution is 6.53. The lowest BCUT2D eigenvalue weighted by atomic mass is 9.79. The fraction of sp³-hybridized carbons (Fsp3) is 0.500. The number of hydrogen-bond acceptors (Lipinski definition) is 6. The first-order valence-corrected chi connectivity index (χ1v) is 12.0. The molecule has 0 atom stereocenters. The van der Waals surface area contributed by atoms with Crippen LogP contribution in [0.15, 0.2) is 0 Å². The van der Waals surface area contributed by atoms with Gasteiger partial charge in [0.1, 0.15) is 17.0 Å². The number of benzene rings is 1. The van der Waals surface area contributed by atoms with Gasteiger partial charge in [0.25, 0.3) is 17.7 Å². The Morgan fingerprint density at radius 2 is 1.63 bits per heavy atom. The first-order chi connectivity index (χ1) is 13.9. The van der Waals surface area contributed by atoms with E-state index in [1.54, 1.807) is 0 Å². The van der Waals surface area contributed by atoms with Crippen LogP contribution in [-0.2, 0) is 28.8 Å². The van der Waals surface area contributed by atoms with Crippen LogP contribution in [0.25, 0.3) is 0 Å². The molecule has 0 aromatic heterocycles. The lowest BCUT2D eigenvalue weighted by Crippen LogP contribution is -2.42. The normalized spacial score (nSPS) is 14.8. The molecule has 0 aliphatic carbocycles. The van der Waals surface area contributed by atoms with E-state index in [0.717, 1.165) is 27.4 Å². The minimum atomic E-state index is -1.12. The second kappa shape index (κ2) is 9.23. The number of nitrogens with zero attached hydrogens (tertiary/aromatic N) is 1. The van der Waals surface area contributed by atoms with Gasteiger partial charge in [-0.05, 0) is 53.6 Å². The van der Waals surface area contributed by atoms with E-state index in [-0.39, 0.29) is 18.3 Å². The van der Waals surface area contributed by atoms with Crippen molar-refractivity contribution in [3.05, 3.63) is 27.8 Å². The number of rotatable bonds is 6. The third kappa shape index (κ3) is 4.87. The smallest absolute Gasteiger partial charge is 0.352 e. The van der Waals surface area contributed by atoms with Gasteiger partial charge in [-0.1, -0.05) is 20.8 Å². The number of carbonyl (C=O) groups is 4. The van der Waals surface area contributed by atoms with Gasteiger partial charge in [-0.2, -0.15) is 0 Å². The van der Waals surface area contributed by atoms with E-state index in [9.17, 15) is 19.2 Å². The fourth-order valence-electron chi connectivity index (χ4n) is 3.88. The molecule has 8 nitrogen and oxygen atoms in total. The van der Waals surface area contributed by atoms with E-state index >= 15 is 0 Å². The molecule has 1 heterocycles. The Morgan fingerprint density at radius 3 is 2.13 bits per heavy atom. The molecule has 1 N–H and O–H groups in total. The van der Waals surface area contributed by atoms with Gasteiger partial charge >= 0.3 is 5.97 Å². The summed E-state index contributed by atoms with van der Waals surface area (Å²) in [6.07, 6.45) is 0.0361. The standard InChI is InChI=1S/C20H30N2O6Si2/c1-10-11(2)16(18(30-28-29)17(12(10)3)20(4,5)6)19(26)21-9-15(25)27-22-13(23)7-8-14(22)24/h7-9,30H2,1-6,29H3,(H,21,26). The molecule has 1 aromatic carbocycles. The van der Waals surface area contributed by atoms with Gasteiger partial charge in [0.15, 0.2) is 9.76 Å². The Labute approximate surface area is 182 Å². The van der Waals surface area contributed by atoms with Gasteiger partial charge in [-0.3, -0.25) is 14.4 Å². The van der Waals surface area contributed by atoms with E-state index in [1.807, 2.05) is 13.8 Å². The maximum Gasteiger partial charge on any atom is 0.352 e. The van der Waals surface area contributed by atoms with Crippen LogP contribution in [0.4, 0.5) is 0 Å². The van der Waals surface area contributed by atoms with Crippen LogP contribution in [-0.4, -0.2) is 55.5 Å². The Kier molecular flexibility index (Phi) is 7.37. The largest absolute Gasteiger partial charge is 0.465 e. The van der Waals surface area contributed by atoms with Crippen LogP contribution in [0.1, 0.15) is 66.2 Å². The topological polar surface area (TPSA) is 102 Å². The molecular weight excluding hydrogens is 420 g/mol. The summed E-state index contributed by atoms with van der Waals surface area (Å²) in [5.74, 6) is -2.38. The summed E-state index contributed by atoms with van der Waals surface area (Å²) < 4.78 is 5.67. The molecule has 10 heteroatoms. The quantitative estimate of drug-likeness (QED) is 0.452. The number of nitrogens with one attached hydrogen (secondary N) is 1. The van der Waals surface area contributed by atoms with Crippen LogP contribution in [0.2, 0.25) is 0 Å². The van der Waals surface area contributed by atoms with E-state index < -0.39 is 40.0 Å². The first kappa shape index (κ1) is 24.0. The zero-order valence-electron chi connectivity index (χ0n) is 18.7. The second-order valence-corrected chi connectivity index (χ2v) is 11.8. The van der Waals surface area contributed by atoms with Crippen molar-refractivity contribution in [2.24, 2.45) is 0 Å². The van der Waals surface area contributed by atoms with Gasteiger partial charge in [-0.15, -0.1) is 5.06 Å². The number of imide groups is 1. The van der Waals surface area contributed by atoms with Crippen molar-refractivity contribution in [1.82, 2.24) is 10.4 Å². The highest BCUT2D eigenvalue weighted by Gasteiger charge is 2.33. The average molecular weight is 451 g/mol. The zero-order valence-corrected chi connectivity index (χ0v) is 22.1. The Balaban J connectivity index is 2.30. The number of hydroxylamine groups is 2. The number of carbonyl (C=O) groups excluding carboxylic acids is 4. The lowest BCUT2D eigenvalue weighted by Gasteiger charge is -2.30. The molecule has 1 fully saturated rings. The minimum Gasteiger partial charge on any atom is -0.465 e. The van der Waals surface area contributed by atoms with Crippen molar-refractivity contribution in [1.29, 1.82) is 0 Å². The molecule has 2 rings (SSSR count). The molecule has 0 unspecified atom stereocenters. The van der Waals surface area contributed by atoms with Crippen LogP contribution in [0, 0.1) is 20.8 Å². The van der Waals surface area contributed by atoms with Crippen molar-refractivity contribution in [3.8, 4) is 0 Å². The zero-order chi connectivity index (χ0) is 22.8. The van der Waals surface area contributed by atoms with Crippen LogP contribution >= 0.6 is 0 Å². The maximum atomic E-state index is 13.1. The molecule has 3 amide bonds. The van der Waals surface area contributed by atoms with Crippen molar-refractivity contribution >= 4 is 49.1 Å². The Bertz CT molecular complexity index is 892. The summed E-state index contributed by atoms with van der Waals surface area (Å²) in [5, 5.41) is 4.01. The van der Waals surface area contributed by atoms with E-state index in [0.29, 0.717) is 21.1 Å². The molecule has 0 radical (unpaired) electrons. The highest BCUT2D eigenvalue weighted by Crippen LogP contribution is 2.29. The van der Waals surface area contributed by atoms with Gasteiger partial charge in [0.05, 0.1) is 0 Å². The third-order valence-corrected chi connectivity index (χ3v) is 7.49. The molecule has 164 valence electrons. The van der Waals surface area contributed by atoms with Crippen LogP contribution in [0.3, 0.4) is 0 Å². The number of amides is 3. The summed E-state index contributed by atoms with van der Waals surface area (Å²) in [6.45, 7) is 11.8. The van der Waals surface area contributed by atoms with Gasteiger partial charge < -0.3 is 14.3 Å². The SMILES string of the molecule is Cc1c(C)c(C(=O)NCC(=O)ON2C(=O)CCC2=O)c([SiH2]O[SiH3])c(C(C)(C)C)c1C. The second-order valence-electron chi connectivity index (χ2n) is 8.51. The molecule has 1 aliphatic rings. The predicted octanol–water partition coefficient (Wildman–Crippen LogP) is -0.748. The molecular formula is C20H30N2O6Si2. The summed E-state index contributed by atoms with van der Waals surface area (Å²) in [7, 11) is -0.538. The number of hydrogen-bond donors (Lipinski definition) is 1. The summed E-state index contributed by atoms with van der Waals surface area (Å²) in [5.41, 5.74) is 4.54. The van der Waals surface area contributed by atoms with Crippen molar-refractivity contribution in [2.75, 3.05) is 6.54 Å². The fourth-order valence-corrected chi connectivity index (χ4v) is 6.54.